The Morgan fingerprint density at radius 3 is 2.42 bits per heavy atom. The smallest absolute Gasteiger partial charge is 0.0474 e. The molecule has 3 N–H and O–H groups in total. The van der Waals surface area contributed by atoms with Gasteiger partial charge >= 0.3 is 0 Å². The molecule has 0 fully saturated rings. The van der Waals surface area contributed by atoms with Crippen LogP contribution in [0.5, 0.6) is 0 Å². The highest BCUT2D eigenvalue weighted by Gasteiger charge is 2.12. The fourth-order valence-corrected chi connectivity index (χ4v) is 1.12. The Kier molecular flexibility index (Phi) is 3.26. The van der Waals surface area contributed by atoms with Crippen LogP contribution < -0.4 is 5.73 Å². The van der Waals surface area contributed by atoms with E-state index < -0.39 is 0 Å². The van der Waals surface area contributed by atoms with Crippen molar-refractivity contribution >= 4 is 0 Å². The van der Waals surface area contributed by atoms with E-state index >= 15 is 0 Å². The van der Waals surface area contributed by atoms with Crippen LogP contribution in [0.1, 0.15) is 18.5 Å². The molecule has 1 unspecified atom stereocenters. The van der Waals surface area contributed by atoms with E-state index in [0.29, 0.717) is 0 Å². The Morgan fingerprint density at radius 1 is 1.33 bits per heavy atom. The van der Waals surface area contributed by atoms with Crippen LogP contribution in [0.3, 0.4) is 0 Å². The zero-order valence-corrected chi connectivity index (χ0v) is 7.27. The second kappa shape index (κ2) is 4.24. The lowest BCUT2D eigenvalue weighted by molar-refractivity contribution is 0.217. The minimum Gasteiger partial charge on any atom is -0.396 e. The minimum atomic E-state index is -0.0591. The predicted octanol–water partition coefficient (Wildman–Crippen LogP) is 1.31. The van der Waals surface area contributed by atoms with Gasteiger partial charge < -0.3 is 10.8 Å². The highest BCUT2D eigenvalue weighted by molar-refractivity contribution is 5.18. The zero-order chi connectivity index (χ0) is 8.97. The third-order valence-electron chi connectivity index (χ3n) is 2.09. The summed E-state index contributed by atoms with van der Waals surface area (Å²) in [5.74, 6) is 0.118. The second-order valence-electron chi connectivity index (χ2n) is 3.10. The predicted molar refractivity (Wildman–Crippen MR) is 49.6 cm³/mol. The first-order valence-electron chi connectivity index (χ1n) is 4.17. The van der Waals surface area contributed by atoms with Gasteiger partial charge in [0, 0.05) is 12.6 Å². The molecule has 2 nitrogen and oxygen atoms in total. The maximum Gasteiger partial charge on any atom is 0.0474 e. The van der Waals surface area contributed by atoms with E-state index in [2.05, 4.69) is 0 Å². The molecule has 0 spiro atoms. The van der Waals surface area contributed by atoms with E-state index in [1.807, 2.05) is 37.3 Å². The molecular weight excluding hydrogens is 150 g/mol. The summed E-state index contributed by atoms with van der Waals surface area (Å²) in [6.45, 7) is 2.08. The number of aliphatic hydroxyl groups excluding tert-OH is 1. The van der Waals surface area contributed by atoms with Crippen LogP contribution in [0.15, 0.2) is 30.3 Å². The molecule has 0 radical (unpaired) electrons. The average molecular weight is 165 g/mol. The molecule has 0 saturated carbocycles. The molecule has 2 atom stereocenters. The molecule has 1 rings (SSSR count). The summed E-state index contributed by atoms with van der Waals surface area (Å²) in [5.41, 5.74) is 6.97. The van der Waals surface area contributed by atoms with Crippen molar-refractivity contribution in [1.29, 1.82) is 0 Å². The largest absolute Gasteiger partial charge is 0.396 e. The molecule has 1 aromatic carbocycles. The van der Waals surface area contributed by atoms with Gasteiger partial charge in [-0.3, -0.25) is 0 Å². The third-order valence-corrected chi connectivity index (χ3v) is 2.09. The van der Waals surface area contributed by atoms with Crippen molar-refractivity contribution in [3.05, 3.63) is 35.9 Å². The maximum atomic E-state index is 8.89. The first-order chi connectivity index (χ1) is 5.75. The molecule has 0 aliphatic heterocycles. The number of aliphatic hydroxyl groups is 1. The Balaban J connectivity index is 2.71. The lowest BCUT2D eigenvalue weighted by atomic mass is 9.96. The van der Waals surface area contributed by atoms with Gasteiger partial charge in [0.2, 0.25) is 0 Å². The standard InChI is InChI=1S/C10H15NO/c1-8(7-12)10(11)9-5-3-2-4-6-9/h2-6,8,10,12H,7,11H2,1H3/t8?,10-/m1/s1. The highest BCUT2D eigenvalue weighted by atomic mass is 16.3. The fourth-order valence-electron chi connectivity index (χ4n) is 1.12. The van der Waals surface area contributed by atoms with Crippen LogP contribution in [0.4, 0.5) is 0 Å². The third kappa shape index (κ3) is 2.06. The van der Waals surface area contributed by atoms with Crippen molar-refractivity contribution in [2.75, 3.05) is 6.61 Å². The zero-order valence-electron chi connectivity index (χ0n) is 7.27. The van der Waals surface area contributed by atoms with Crippen molar-refractivity contribution in [2.24, 2.45) is 11.7 Å². The van der Waals surface area contributed by atoms with Gasteiger partial charge in [0.1, 0.15) is 0 Å². The molecule has 0 bridgehead atoms. The molecular formula is C10H15NO. The van der Waals surface area contributed by atoms with Gasteiger partial charge in [-0.2, -0.15) is 0 Å². The number of nitrogens with two attached hydrogens (primary N) is 1. The molecule has 0 saturated heterocycles. The molecule has 0 heterocycles. The van der Waals surface area contributed by atoms with Crippen molar-refractivity contribution in [1.82, 2.24) is 0 Å². The van der Waals surface area contributed by atoms with E-state index in [0.717, 1.165) is 5.56 Å². The van der Waals surface area contributed by atoms with E-state index in [4.69, 9.17) is 10.8 Å². The van der Waals surface area contributed by atoms with Gasteiger partial charge in [0.15, 0.2) is 0 Å². The molecule has 0 aliphatic rings. The highest BCUT2D eigenvalue weighted by Crippen LogP contribution is 2.17. The van der Waals surface area contributed by atoms with E-state index in [1.54, 1.807) is 0 Å². The molecule has 0 aliphatic carbocycles. The number of hydrogen-bond acceptors (Lipinski definition) is 2. The van der Waals surface area contributed by atoms with E-state index in [9.17, 15) is 0 Å². The van der Waals surface area contributed by atoms with Crippen LogP contribution in [0.25, 0.3) is 0 Å². The first kappa shape index (κ1) is 9.23. The van der Waals surface area contributed by atoms with Gasteiger partial charge in [-0.25, -0.2) is 0 Å². The fraction of sp³-hybridized carbons (Fsp3) is 0.400. The van der Waals surface area contributed by atoms with Gasteiger partial charge in [0.25, 0.3) is 0 Å². The van der Waals surface area contributed by atoms with Crippen molar-refractivity contribution < 1.29 is 5.11 Å². The minimum absolute atomic E-state index is 0.0591. The maximum absolute atomic E-state index is 8.89. The second-order valence-corrected chi connectivity index (χ2v) is 3.10. The summed E-state index contributed by atoms with van der Waals surface area (Å²) < 4.78 is 0. The normalized spacial score (nSPS) is 15.6. The van der Waals surface area contributed by atoms with Gasteiger partial charge in [-0.1, -0.05) is 37.3 Å². The van der Waals surface area contributed by atoms with Crippen LogP contribution in [0.2, 0.25) is 0 Å². The van der Waals surface area contributed by atoms with E-state index in [-0.39, 0.29) is 18.6 Å². The summed E-state index contributed by atoms with van der Waals surface area (Å²) >= 11 is 0. The molecule has 2 heteroatoms. The Labute approximate surface area is 73.0 Å². The topological polar surface area (TPSA) is 46.2 Å². The van der Waals surface area contributed by atoms with Crippen molar-refractivity contribution in [3.63, 3.8) is 0 Å². The monoisotopic (exact) mass is 165 g/mol. The molecule has 66 valence electrons. The van der Waals surface area contributed by atoms with Crippen molar-refractivity contribution in [3.8, 4) is 0 Å². The van der Waals surface area contributed by atoms with Crippen LogP contribution in [-0.4, -0.2) is 11.7 Å². The van der Waals surface area contributed by atoms with E-state index in [1.165, 1.54) is 0 Å². The molecule has 1 aromatic rings. The SMILES string of the molecule is CC(CO)[C@@H](N)c1ccccc1. The summed E-state index contributed by atoms with van der Waals surface area (Å²) in [6, 6.07) is 9.78. The summed E-state index contributed by atoms with van der Waals surface area (Å²) in [5, 5.41) is 8.89. The number of hydrogen-bond donors (Lipinski definition) is 2. The van der Waals surface area contributed by atoms with Gasteiger partial charge in [-0.15, -0.1) is 0 Å². The van der Waals surface area contributed by atoms with Gasteiger partial charge in [0.05, 0.1) is 0 Å². The molecule has 12 heavy (non-hydrogen) atoms. The molecule has 0 aromatic heterocycles. The van der Waals surface area contributed by atoms with Crippen LogP contribution in [-0.2, 0) is 0 Å². The van der Waals surface area contributed by atoms with Gasteiger partial charge in [-0.05, 0) is 11.5 Å². The lowest BCUT2D eigenvalue weighted by Gasteiger charge is -2.17. The number of benzene rings is 1. The Morgan fingerprint density at radius 2 is 1.92 bits per heavy atom. The summed E-state index contributed by atoms with van der Waals surface area (Å²) in [7, 11) is 0. The van der Waals surface area contributed by atoms with Crippen molar-refractivity contribution in [2.45, 2.75) is 13.0 Å². The summed E-state index contributed by atoms with van der Waals surface area (Å²) in [6.07, 6.45) is 0. The quantitative estimate of drug-likeness (QED) is 0.709. The molecule has 0 amide bonds. The Bertz CT molecular complexity index is 223. The lowest BCUT2D eigenvalue weighted by Crippen LogP contribution is -2.21. The first-order valence-corrected chi connectivity index (χ1v) is 4.17. The average Bonchev–Trinajstić information content (AvgIpc) is 2.17. The van der Waals surface area contributed by atoms with Crippen LogP contribution >= 0.6 is 0 Å². The number of rotatable bonds is 3. The summed E-state index contributed by atoms with van der Waals surface area (Å²) in [4.78, 5) is 0. The van der Waals surface area contributed by atoms with Crippen LogP contribution in [0, 0.1) is 5.92 Å². The Hall–Kier alpha value is -0.860.